The lowest BCUT2D eigenvalue weighted by atomic mass is 9.98. The quantitative estimate of drug-likeness (QED) is 0.661. The molecule has 0 heterocycles. The summed E-state index contributed by atoms with van der Waals surface area (Å²) in [6.07, 6.45) is 0. The number of benzene rings is 2. The minimum Gasteiger partial charge on any atom is -0.489 e. The van der Waals surface area contributed by atoms with Gasteiger partial charge in [-0.05, 0) is 60.7 Å². The summed E-state index contributed by atoms with van der Waals surface area (Å²) in [5, 5.41) is 2.85. The molecule has 0 aliphatic carbocycles. The number of ether oxygens (including phenoxy) is 3. The van der Waals surface area contributed by atoms with E-state index in [9.17, 15) is 4.79 Å². The number of carbonyl (C=O) groups excluding carboxylic acids is 1. The molecule has 0 fully saturated rings. The Morgan fingerprint density at radius 2 is 1.81 bits per heavy atom. The average Bonchev–Trinajstić information content (AvgIpc) is 2.62. The maximum Gasteiger partial charge on any atom is 0.262 e. The van der Waals surface area contributed by atoms with E-state index in [1.807, 2.05) is 37.3 Å². The summed E-state index contributed by atoms with van der Waals surface area (Å²) in [6.45, 7) is 9.18. The Labute approximate surface area is 161 Å². The van der Waals surface area contributed by atoms with Crippen molar-refractivity contribution in [2.45, 2.75) is 33.6 Å². The van der Waals surface area contributed by atoms with Crippen molar-refractivity contribution in [2.24, 2.45) is 0 Å². The number of hydrogen-bond donors (Lipinski definition) is 1. The highest BCUT2D eigenvalue weighted by molar-refractivity contribution is 5.93. The second-order valence-electron chi connectivity index (χ2n) is 6.85. The molecule has 2 aromatic carbocycles. The van der Waals surface area contributed by atoms with Gasteiger partial charge in [0, 0.05) is 7.11 Å². The topological polar surface area (TPSA) is 56.8 Å². The summed E-state index contributed by atoms with van der Waals surface area (Å²) in [6, 6.07) is 11.6. The lowest BCUT2D eigenvalue weighted by molar-refractivity contribution is -0.118. The predicted octanol–water partition coefficient (Wildman–Crippen LogP) is 4.47. The molecule has 146 valence electrons. The first-order chi connectivity index (χ1) is 12.9. The van der Waals surface area contributed by atoms with E-state index < -0.39 is 0 Å². The first kappa shape index (κ1) is 20.8. The summed E-state index contributed by atoms with van der Waals surface area (Å²) in [5.74, 6) is 1.53. The van der Waals surface area contributed by atoms with Crippen LogP contribution in [0.5, 0.6) is 11.5 Å². The number of nitrogens with one attached hydrogen (secondary N) is 1. The highest BCUT2D eigenvalue weighted by Crippen LogP contribution is 2.26. The lowest BCUT2D eigenvalue weighted by Gasteiger charge is -2.14. The molecule has 1 amide bonds. The van der Waals surface area contributed by atoms with Gasteiger partial charge in [0.1, 0.15) is 18.1 Å². The normalized spacial score (nSPS) is 10.7. The Kier molecular flexibility index (Phi) is 7.67. The molecule has 0 spiro atoms. The van der Waals surface area contributed by atoms with E-state index in [1.165, 1.54) is 5.56 Å². The van der Waals surface area contributed by atoms with Crippen LogP contribution < -0.4 is 14.8 Å². The van der Waals surface area contributed by atoms with Crippen molar-refractivity contribution >= 4 is 11.6 Å². The summed E-state index contributed by atoms with van der Waals surface area (Å²) in [4.78, 5) is 12.3. The van der Waals surface area contributed by atoms with Crippen LogP contribution in [0.2, 0.25) is 0 Å². The molecule has 0 unspecified atom stereocenters. The molecule has 0 aliphatic heterocycles. The SMILES string of the molecule is COCCOc1cc(C)ccc1NC(=O)COc1ccc(C(C)C)c(C)c1. The van der Waals surface area contributed by atoms with Gasteiger partial charge >= 0.3 is 0 Å². The number of hydrogen-bond acceptors (Lipinski definition) is 4. The Hall–Kier alpha value is -2.53. The standard InChI is InChI=1S/C22H29NO4/c1-15(2)19-8-7-18(13-17(19)4)27-14-22(24)23-20-9-6-16(3)12-21(20)26-11-10-25-5/h6-9,12-13,15H,10-11,14H2,1-5H3,(H,23,24). The maximum absolute atomic E-state index is 12.3. The van der Waals surface area contributed by atoms with Crippen molar-refractivity contribution in [1.29, 1.82) is 0 Å². The fraction of sp³-hybridized carbons (Fsp3) is 0.409. The van der Waals surface area contributed by atoms with Gasteiger partial charge in [-0.15, -0.1) is 0 Å². The van der Waals surface area contributed by atoms with E-state index in [2.05, 4.69) is 32.2 Å². The van der Waals surface area contributed by atoms with E-state index in [0.717, 1.165) is 11.1 Å². The van der Waals surface area contributed by atoms with E-state index in [0.29, 0.717) is 36.3 Å². The lowest BCUT2D eigenvalue weighted by Crippen LogP contribution is -2.21. The highest BCUT2D eigenvalue weighted by Gasteiger charge is 2.10. The summed E-state index contributed by atoms with van der Waals surface area (Å²) in [5.41, 5.74) is 4.12. The Bertz CT molecular complexity index is 771. The Balaban J connectivity index is 1.96. The van der Waals surface area contributed by atoms with Crippen LogP contribution in [0.4, 0.5) is 5.69 Å². The van der Waals surface area contributed by atoms with Crippen molar-refractivity contribution in [3.63, 3.8) is 0 Å². The second-order valence-corrected chi connectivity index (χ2v) is 6.85. The van der Waals surface area contributed by atoms with Crippen LogP contribution in [-0.2, 0) is 9.53 Å². The Morgan fingerprint density at radius 1 is 1.04 bits per heavy atom. The van der Waals surface area contributed by atoms with Crippen molar-refractivity contribution in [3.05, 3.63) is 53.1 Å². The molecule has 1 N–H and O–H groups in total. The largest absolute Gasteiger partial charge is 0.489 e. The van der Waals surface area contributed by atoms with Gasteiger partial charge in [0.2, 0.25) is 0 Å². The third kappa shape index (κ3) is 6.29. The fourth-order valence-electron chi connectivity index (χ4n) is 2.81. The summed E-state index contributed by atoms with van der Waals surface area (Å²) in [7, 11) is 1.62. The van der Waals surface area contributed by atoms with Gasteiger partial charge in [-0.1, -0.05) is 26.0 Å². The van der Waals surface area contributed by atoms with E-state index in [4.69, 9.17) is 14.2 Å². The molecular formula is C22H29NO4. The predicted molar refractivity (Wildman–Crippen MR) is 108 cm³/mol. The van der Waals surface area contributed by atoms with Gasteiger partial charge < -0.3 is 19.5 Å². The van der Waals surface area contributed by atoms with Crippen molar-refractivity contribution in [1.82, 2.24) is 0 Å². The van der Waals surface area contributed by atoms with Gasteiger partial charge in [0.05, 0.1) is 12.3 Å². The number of anilines is 1. The van der Waals surface area contributed by atoms with Crippen LogP contribution in [0.25, 0.3) is 0 Å². The second kappa shape index (κ2) is 9.97. The van der Waals surface area contributed by atoms with Crippen LogP contribution >= 0.6 is 0 Å². The number of aryl methyl sites for hydroxylation is 2. The van der Waals surface area contributed by atoms with Crippen molar-refractivity contribution < 1.29 is 19.0 Å². The molecule has 0 aliphatic rings. The van der Waals surface area contributed by atoms with Gasteiger partial charge in [0.25, 0.3) is 5.91 Å². The molecule has 0 radical (unpaired) electrons. The molecule has 0 aromatic heterocycles. The van der Waals surface area contributed by atoms with Crippen molar-refractivity contribution in [2.75, 3.05) is 32.2 Å². The molecule has 0 bridgehead atoms. The maximum atomic E-state index is 12.3. The molecular weight excluding hydrogens is 342 g/mol. The first-order valence-electron chi connectivity index (χ1n) is 9.16. The zero-order valence-corrected chi connectivity index (χ0v) is 16.8. The highest BCUT2D eigenvalue weighted by atomic mass is 16.5. The number of amides is 1. The molecule has 5 heteroatoms. The van der Waals surface area contributed by atoms with Crippen LogP contribution in [0.1, 0.15) is 36.5 Å². The third-order valence-corrected chi connectivity index (χ3v) is 4.19. The molecule has 0 saturated carbocycles. The van der Waals surface area contributed by atoms with Gasteiger partial charge in [-0.3, -0.25) is 4.79 Å². The van der Waals surface area contributed by atoms with Gasteiger partial charge in [-0.2, -0.15) is 0 Å². The molecule has 2 aromatic rings. The molecule has 0 saturated heterocycles. The summed E-state index contributed by atoms with van der Waals surface area (Å²) >= 11 is 0. The molecule has 0 atom stereocenters. The zero-order valence-electron chi connectivity index (χ0n) is 16.8. The first-order valence-corrected chi connectivity index (χ1v) is 9.16. The third-order valence-electron chi connectivity index (χ3n) is 4.19. The monoisotopic (exact) mass is 371 g/mol. The number of rotatable bonds is 9. The smallest absolute Gasteiger partial charge is 0.262 e. The minimum atomic E-state index is -0.235. The Morgan fingerprint density at radius 3 is 2.48 bits per heavy atom. The van der Waals surface area contributed by atoms with E-state index in [1.54, 1.807) is 7.11 Å². The van der Waals surface area contributed by atoms with Crippen molar-refractivity contribution in [3.8, 4) is 11.5 Å². The summed E-state index contributed by atoms with van der Waals surface area (Å²) < 4.78 is 16.3. The average molecular weight is 371 g/mol. The van der Waals surface area contributed by atoms with Gasteiger partial charge in [0.15, 0.2) is 6.61 Å². The van der Waals surface area contributed by atoms with Crippen LogP contribution in [0.3, 0.4) is 0 Å². The van der Waals surface area contributed by atoms with Crippen LogP contribution in [-0.4, -0.2) is 32.8 Å². The number of methoxy groups -OCH3 is 1. The molecule has 5 nitrogen and oxygen atoms in total. The zero-order chi connectivity index (χ0) is 19.8. The van der Waals surface area contributed by atoms with Crippen LogP contribution in [0, 0.1) is 13.8 Å². The van der Waals surface area contributed by atoms with E-state index in [-0.39, 0.29) is 12.5 Å². The van der Waals surface area contributed by atoms with Gasteiger partial charge in [-0.25, -0.2) is 0 Å². The number of carbonyl (C=O) groups is 1. The fourth-order valence-corrected chi connectivity index (χ4v) is 2.81. The van der Waals surface area contributed by atoms with E-state index >= 15 is 0 Å². The van der Waals surface area contributed by atoms with Crippen LogP contribution in [0.15, 0.2) is 36.4 Å². The minimum absolute atomic E-state index is 0.0636. The molecule has 2 rings (SSSR count). The molecule has 27 heavy (non-hydrogen) atoms.